The summed E-state index contributed by atoms with van der Waals surface area (Å²) >= 11 is 6.10. The van der Waals surface area contributed by atoms with Crippen LogP contribution >= 0.6 is 11.6 Å². The van der Waals surface area contributed by atoms with E-state index in [-0.39, 0.29) is 11.8 Å². The normalized spacial score (nSPS) is 21.8. The molecule has 0 bridgehead atoms. The number of nitrogens with zero attached hydrogens (tertiary/aromatic N) is 3. The first-order valence-corrected chi connectivity index (χ1v) is 12.2. The fourth-order valence-corrected chi connectivity index (χ4v) is 6.52. The molecule has 0 aromatic heterocycles. The summed E-state index contributed by atoms with van der Waals surface area (Å²) in [5.41, 5.74) is 3.79. The van der Waals surface area contributed by atoms with Gasteiger partial charge in [0.05, 0.1) is 16.5 Å². The zero-order valence-corrected chi connectivity index (χ0v) is 18.4. The Morgan fingerprint density at radius 2 is 1.80 bits per heavy atom. The number of halogens is 1. The summed E-state index contributed by atoms with van der Waals surface area (Å²) in [5, 5.41) is 0.673. The van der Waals surface area contributed by atoms with Gasteiger partial charge in [-0.25, -0.2) is 8.42 Å². The minimum absolute atomic E-state index is 0.0793. The summed E-state index contributed by atoms with van der Waals surface area (Å²) in [6.45, 7) is 4.65. The summed E-state index contributed by atoms with van der Waals surface area (Å²) in [7, 11) is -3.61. The molecule has 6 nitrogen and oxygen atoms in total. The van der Waals surface area contributed by atoms with E-state index < -0.39 is 10.0 Å². The second-order valence-corrected chi connectivity index (χ2v) is 10.6. The van der Waals surface area contributed by atoms with Crippen molar-refractivity contribution in [1.82, 2.24) is 4.31 Å². The van der Waals surface area contributed by atoms with Crippen molar-refractivity contribution in [3.8, 4) is 0 Å². The molecule has 2 aromatic carbocycles. The molecule has 1 amide bonds. The lowest BCUT2D eigenvalue weighted by Gasteiger charge is -2.35. The Morgan fingerprint density at radius 3 is 2.53 bits per heavy atom. The predicted molar refractivity (Wildman–Crippen MR) is 118 cm³/mol. The minimum Gasteiger partial charge on any atom is -0.369 e. The van der Waals surface area contributed by atoms with Gasteiger partial charge >= 0.3 is 0 Å². The number of benzene rings is 2. The number of hydrogen-bond acceptors (Lipinski definition) is 4. The number of hydrogen-bond donors (Lipinski definition) is 0. The molecule has 3 heterocycles. The van der Waals surface area contributed by atoms with Crippen LogP contribution in [0.15, 0.2) is 41.3 Å². The van der Waals surface area contributed by atoms with Crippen LogP contribution in [0.2, 0.25) is 5.02 Å². The summed E-state index contributed by atoms with van der Waals surface area (Å²) in [6, 6.07) is 11.1. The second kappa shape index (κ2) is 7.25. The SMILES string of the molecule is C[C@@H]1C(=O)N2CCCc3cc(S(=O)(=O)N4CCN(c5cccc(Cl)c5)CC4)cc1c32. The fraction of sp³-hybridized carbons (Fsp3) is 0.409. The van der Waals surface area contributed by atoms with Gasteiger partial charge in [0.2, 0.25) is 15.9 Å². The molecule has 1 saturated heterocycles. The van der Waals surface area contributed by atoms with E-state index in [0.29, 0.717) is 36.1 Å². The van der Waals surface area contributed by atoms with Gasteiger partial charge in [-0.2, -0.15) is 4.31 Å². The van der Waals surface area contributed by atoms with Gasteiger partial charge in [0.1, 0.15) is 0 Å². The van der Waals surface area contributed by atoms with Crippen LogP contribution in [0.5, 0.6) is 0 Å². The third-order valence-electron chi connectivity index (χ3n) is 6.44. The number of carbonyl (C=O) groups excluding carboxylic acids is 1. The largest absolute Gasteiger partial charge is 0.369 e. The maximum atomic E-state index is 13.4. The van der Waals surface area contributed by atoms with Gasteiger partial charge in [-0.3, -0.25) is 4.79 Å². The van der Waals surface area contributed by atoms with E-state index in [1.807, 2.05) is 36.1 Å². The van der Waals surface area contributed by atoms with Crippen molar-refractivity contribution in [3.05, 3.63) is 52.5 Å². The lowest BCUT2D eigenvalue weighted by atomic mass is 9.97. The maximum absolute atomic E-state index is 13.4. The first kappa shape index (κ1) is 19.8. The summed E-state index contributed by atoms with van der Waals surface area (Å²) in [6.07, 6.45) is 1.68. The molecule has 2 aromatic rings. The van der Waals surface area contributed by atoms with E-state index in [1.165, 1.54) is 0 Å². The Morgan fingerprint density at radius 1 is 1.03 bits per heavy atom. The van der Waals surface area contributed by atoms with Crippen molar-refractivity contribution >= 4 is 38.9 Å². The van der Waals surface area contributed by atoms with E-state index in [1.54, 1.807) is 16.4 Å². The fourth-order valence-electron chi connectivity index (χ4n) is 4.82. The van der Waals surface area contributed by atoms with E-state index >= 15 is 0 Å². The van der Waals surface area contributed by atoms with Gasteiger partial charge in [-0.1, -0.05) is 17.7 Å². The monoisotopic (exact) mass is 445 g/mol. The average molecular weight is 446 g/mol. The van der Waals surface area contributed by atoms with Crippen LogP contribution < -0.4 is 9.80 Å². The predicted octanol–water partition coefficient (Wildman–Crippen LogP) is 3.25. The Labute approximate surface area is 182 Å². The molecule has 8 heteroatoms. The van der Waals surface area contributed by atoms with Crippen LogP contribution in [-0.2, 0) is 21.2 Å². The van der Waals surface area contributed by atoms with Gasteiger partial charge in [0.15, 0.2) is 0 Å². The minimum atomic E-state index is -3.61. The van der Waals surface area contributed by atoms with Crippen LogP contribution in [0.25, 0.3) is 0 Å². The number of piperazine rings is 1. The zero-order chi connectivity index (χ0) is 21.0. The Bertz CT molecular complexity index is 1130. The van der Waals surface area contributed by atoms with Gasteiger partial charge in [0, 0.05) is 43.4 Å². The quantitative estimate of drug-likeness (QED) is 0.727. The molecule has 0 N–H and O–H groups in total. The molecule has 3 aliphatic heterocycles. The van der Waals surface area contributed by atoms with E-state index in [2.05, 4.69) is 4.90 Å². The third-order valence-corrected chi connectivity index (χ3v) is 8.55. The molecule has 0 aliphatic carbocycles. The van der Waals surface area contributed by atoms with Crippen molar-refractivity contribution < 1.29 is 13.2 Å². The Hall–Kier alpha value is -2.09. The molecule has 0 radical (unpaired) electrons. The summed E-state index contributed by atoms with van der Waals surface area (Å²) < 4.78 is 28.4. The number of rotatable bonds is 3. The first-order valence-electron chi connectivity index (χ1n) is 10.3. The number of carbonyl (C=O) groups is 1. The molecule has 0 spiro atoms. The summed E-state index contributed by atoms with van der Waals surface area (Å²) in [4.78, 5) is 16.9. The number of sulfonamides is 1. The number of amides is 1. The molecule has 0 unspecified atom stereocenters. The van der Waals surface area contributed by atoms with Crippen molar-refractivity contribution in [2.24, 2.45) is 0 Å². The molecule has 3 aliphatic rings. The average Bonchev–Trinajstić information content (AvgIpc) is 3.00. The molecular formula is C22H24ClN3O3S. The molecule has 0 saturated carbocycles. The van der Waals surface area contributed by atoms with Crippen molar-refractivity contribution in [3.63, 3.8) is 0 Å². The van der Waals surface area contributed by atoms with E-state index in [0.717, 1.165) is 41.9 Å². The third kappa shape index (κ3) is 3.11. The smallest absolute Gasteiger partial charge is 0.243 e. The van der Waals surface area contributed by atoms with Crippen LogP contribution in [0.3, 0.4) is 0 Å². The van der Waals surface area contributed by atoms with E-state index in [4.69, 9.17) is 11.6 Å². The van der Waals surface area contributed by atoms with E-state index in [9.17, 15) is 13.2 Å². The highest BCUT2D eigenvalue weighted by molar-refractivity contribution is 7.89. The first-order chi connectivity index (χ1) is 14.4. The Kier molecular flexibility index (Phi) is 4.80. The molecular weight excluding hydrogens is 422 g/mol. The number of aryl methyl sites for hydroxylation is 1. The lowest BCUT2D eigenvalue weighted by molar-refractivity contribution is -0.119. The van der Waals surface area contributed by atoms with Crippen LogP contribution in [0.1, 0.15) is 30.4 Å². The van der Waals surface area contributed by atoms with Gasteiger partial charge in [0.25, 0.3) is 0 Å². The van der Waals surface area contributed by atoms with Crippen LogP contribution in [0, 0.1) is 0 Å². The Balaban J connectivity index is 1.41. The topological polar surface area (TPSA) is 60.9 Å². The maximum Gasteiger partial charge on any atom is 0.243 e. The molecule has 1 atom stereocenters. The van der Waals surface area contributed by atoms with Crippen LogP contribution in [0.4, 0.5) is 11.4 Å². The highest BCUT2D eigenvalue weighted by Gasteiger charge is 2.39. The molecule has 158 valence electrons. The summed E-state index contributed by atoms with van der Waals surface area (Å²) in [5.74, 6) is -0.206. The second-order valence-electron chi connectivity index (χ2n) is 8.21. The van der Waals surface area contributed by atoms with Crippen molar-refractivity contribution in [2.75, 3.05) is 42.5 Å². The highest BCUT2D eigenvalue weighted by Crippen LogP contribution is 2.44. The lowest BCUT2D eigenvalue weighted by Crippen LogP contribution is -2.48. The zero-order valence-electron chi connectivity index (χ0n) is 16.8. The van der Waals surface area contributed by atoms with Gasteiger partial charge in [-0.15, -0.1) is 0 Å². The van der Waals surface area contributed by atoms with Gasteiger partial charge < -0.3 is 9.80 Å². The van der Waals surface area contributed by atoms with Gasteiger partial charge in [-0.05, 0) is 61.2 Å². The van der Waals surface area contributed by atoms with Crippen molar-refractivity contribution in [2.45, 2.75) is 30.6 Å². The highest BCUT2D eigenvalue weighted by atomic mass is 35.5. The number of anilines is 2. The molecule has 5 rings (SSSR count). The molecule has 30 heavy (non-hydrogen) atoms. The van der Waals surface area contributed by atoms with Crippen molar-refractivity contribution in [1.29, 1.82) is 0 Å². The van der Waals surface area contributed by atoms with Crippen LogP contribution in [-0.4, -0.2) is 51.4 Å². The molecule has 1 fully saturated rings. The standard InChI is InChI=1S/C22H24ClN3O3S/c1-15-20-14-19(12-16-4-3-7-26(21(16)20)22(15)27)30(28,29)25-10-8-24(9-11-25)18-6-2-5-17(23)13-18/h2,5-6,12-15H,3-4,7-11H2,1H3/t15-/m0/s1.